The summed E-state index contributed by atoms with van der Waals surface area (Å²) in [6, 6.07) is 1.61. The molecule has 24 heavy (non-hydrogen) atoms. The highest BCUT2D eigenvalue weighted by atomic mass is 32.1. The number of rotatable bonds is 7. The Morgan fingerprint density at radius 1 is 1.33 bits per heavy atom. The van der Waals surface area contributed by atoms with Gasteiger partial charge in [0.15, 0.2) is 0 Å². The van der Waals surface area contributed by atoms with Crippen molar-refractivity contribution >= 4 is 34.9 Å². The Kier molecular flexibility index (Phi) is 6.74. The van der Waals surface area contributed by atoms with E-state index in [0.29, 0.717) is 17.1 Å². The number of ether oxygens (including phenoxy) is 1. The van der Waals surface area contributed by atoms with Crippen LogP contribution in [-0.2, 0) is 14.3 Å². The van der Waals surface area contributed by atoms with Gasteiger partial charge in [-0.3, -0.25) is 9.59 Å². The lowest BCUT2D eigenvalue weighted by Gasteiger charge is -2.28. The monoisotopic (exact) mass is 354 g/mol. The largest absolute Gasteiger partial charge is 0.481 e. The van der Waals surface area contributed by atoms with Crippen LogP contribution in [0.25, 0.3) is 0 Å². The molecule has 1 aromatic rings. The van der Waals surface area contributed by atoms with Crippen LogP contribution in [0.5, 0.6) is 0 Å². The van der Waals surface area contributed by atoms with Gasteiger partial charge in [0.1, 0.15) is 4.88 Å². The summed E-state index contributed by atoms with van der Waals surface area (Å²) in [5, 5.41) is 13.7. The van der Waals surface area contributed by atoms with Gasteiger partial charge in [-0.05, 0) is 37.4 Å². The van der Waals surface area contributed by atoms with E-state index in [1.54, 1.807) is 11.4 Å². The summed E-state index contributed by atoms with van der Waals surface area (Å²) in [6.45, 7) is 2.13. The molecule has 1 aliphatic rings. The maximum Gasteiger partial charge on any atom is 0.350 e. The Bertz CT molecular complexity index is 595. The van der Waals surface area contributed by atoms with E-state index in [1.807, 2.05) is 0 Å². The smallest absolute Gasteiger partial charge is 0.350 e. The Balaban J connectivity index is 1.94. The number of hydrogen-bond acceptors (Lipinski definition) is 6. The van der Waals surface area contributed by atoms with Gasteiger partial charge in [-0.15, -0.1) is 11.3 Å². The van der Waals surface area contributed by atoms with Crippen LogP contribution < -0.4 is 5.32 Å². The second-order valence-corrected chi connectivity index (χ2v) is 6.72. The molecule has 2 rings (SSSR count). The molecule has 0 unspecified atom stereocenters. The van der Waals surface area contributed by atoms with E-state index in [9.17, 15) is 19.5 Å². The molecule has 0 spiro atoms. The normalized spacial score (nSPS) is 16.4. The summed E-state index contributed by atoms with van der Waals surface area (Å²) < 4.78 is 4.66. The van der Waals surface area contributed by atoms with Gasteiger partial charge in [-0.25, -0.2) is 4.79 Å². The zero-order valence-corrected chi connectivity index (χ0v) is 14.4. The molecule has 1 aromatic heterocycles. The Morgan fingerprint density at radius 2 is 2.04 bits per heavy atom. The van der Waals surface area contributed by atoms with Crippen LogP contribution in [0.3, 0.4) is 0 Å². The molecular formula is C16H22N2O5S. The van der Waals surface area contributed by atoms with Crippen molar-refractivity contribution in [2.24, 2.45) is 5.92 Å². The first-order valence-corrected chi connectivity index (χ1v) is 8.80. The molecule has 8 heteroatoms. The van der Waals surface area contributed by atoms with Gasteiger partial charge in [0.2, 0.25) is 5.91 Å². The third-order valence-corrected chi connectivity index (χ3v) is 4.91. The maximum absolute atomic E-state index is 12.2. The standard InChI is InChI=1S/C16H22N2O5S/c1-23-16(22)14-12(5-8-24-14)17-13(19)9-11(15(20)21)10-18-6-3-2-4-7-18/h5,8,11H,2-4,6-7,9-10H2,1H3,(H,17,19)(H,20,21)/t11-/m1/s1. The summed E-state index contributed by atoms with van der Waals surface area (Å²) in [6.07, 6.45) is 3.18. The van der Waals surface area contributed by atoms with Crippen molar-refractivity contribution in [2.45, 2.75) is 25.7 Å². The minimum absolute atomic E-state index is 0.123. The average Bonchev–Trinajstić information content (AvgIpc) is 3.02. The van der Waals surface area contributed by atoms with Gasteiger partial charge in [0.05, 0.1) is 18.7 Å². The number of piperidine rings is 1. The average molecular weight is 354 g/mol. The first-order valence-electron chi connectivity index (χ1n) is 7.92. The first-order chi connectivity index (χ1) is 11.5. The lowest BCUT2D eigenvalue weighted by molar-refractivity contribution is -0.144. The molecule has 0 aromatic carbocycles. The van der Waals surface area contributed by atoms with E-state index in [-0.39, 0.29) is 6.42 Å². The van der Waals surface area contributed by atoms with E-state index in [4.69, 9.17) is 0 Å². The zero-order chi connectivity index (χ0) is 17.5. The molecule has 1 aliphatic heterocycles. The Labute approximate surface area is 144 Å². The summed E-state index contributed by atoms with van der Waals surface area (Å²) in [4.78, 5) is 37.6. The van der Waals surface area contributed by atoms with Crippen LogP contribution in [0.1, 0.15) is 35.4 Å². The Morgan fingerprint density at radius 3 is 2.67 bits per heavy atom. The minimum Gasteiger partial charge on any atom is -0.481 e. The van der Waals surface area contributed by atoms with Crippen LogP contribution >= 0.6 is 11.3 Å². The molecule has 132 valence electrons. The van der Waals surface area contributed by atoms with Gasteiger partial charge >= 0.3 is 11.9 Å². The molecule has 0 radical (unpaired) electrons. The quantitative estimate of drug-likeness (QED) is 0.728. The third kappa shape index (κ3) is 5.04. The van der Waals surface area contributed by atoms with E-state index in [1.165, 1.54) is 13.5 Å². The lowest BCUT2D eigenvalue weighted by atomic mass is 10.0. The van der Waals surface area contributed by atoms with Gasteiger partial charge < -0.3 is 20.1 Å². The van der Waals surface area contributed by atoms with Crippen molar-refractivity contribution in [3.8, 4) is 0 Å². The number of carboxylic acid groups (broad SMARTS) is 1. The summed E-state index contributed by atoms with van der Waals surface area (Å²) in [5.41, 5.74) is 0.360. The predicted octanol–water partition coefficient (Wildman–Crippen LogP) is 2.05. The summed E-state index contributed by atoms with van der Waals surface area (Å²) in [5.74, 6) is -2.68. The number of thiophene rings is 1. The Hall–Kier alpha value is -1.93. The molecule has 0 bridgehead atoms. The lowest BCUT2D eigenvalue weighted by Crippen LogP contribution is -2.38. The van der Waals surface area contributed by atoms with Crippen LogP contribution in [-0.4, -0.2) is 54.6 Å². The van der Waals surface area contributed by atoms with E-state index in [2.05, 4.69) is 15.0 Å². The number of esters is 1. The number of aliphatic carboxylic acids is 1. The summed E-state index contributed by atoms with van der Waals surface area (Å²) >= 11 is 1.16. The second-order valence-electron chi connectivity index (χ2n) is 5.80. The number of carbonyl (C=O) groups excluding carboxylic acids is 2. The number of carboxylic acids is 1. The van der Waals surface area contributed by atoms with Crippen molar-refractivity contribution in [3.05, 3.63) is 16.3 Å². The molecule has 1 saturated heterocycles. The molecular weight excluding hydrogens is 332 g/mol. The molecule has 1 atom stereocenters. The van der Waals surface area contributed by atoms with Crippen molar-refractivity contribution in [1.82, 2.24) is 4.90 Å². The zero-order valence-electron chi connectivity index (χ0n) is 13.6. The van der Waals surface area contributed by atoms with Crippen LogP contribution in [0.2, 0.25) is 0 Å². The summed E-state index contributed by atoms with van der Waals surface area (Å²) in [7, 11) is 1.27. The number of amides is 1. The number of nitrogens with zero attached hydrogens (tertiary/aromatic N) is 1. The number of anilines is 1. The van der Waals surface area contributed by atoms with Crippen molar-refractivity contribution < 1.29 is 24.2 Å². The minimum atomic E-state index is -0.978. The van der Waals surface area contributed by atoms with E-state index >= 15 is 0 Å². The van der Waals surface area contributed by atoms with Gasteiger partial charge in [-0.1, -0.05) is 6.42 Å². The highest BCUT2D eigenvalue weighted by Gasteiger charge is 2.26. The number of hydrogen-bond donors (Lipinski definition) is 2. The molecule has 0 aliphatic carbocycles. The fourth-order valence-electron chi connectivity index (χ4n) is 2.77. The molecule has 7 nitrogen and oxygen atoms in total. The molecule has 2 N–H and O–H groups in total. The van der Waals surface area contributed by atoms with Gasteiger partial charge in [0, 0.05) is 13.0 Å². The molecule has 1 fully saturated rings. The first kappa shape index (κ1) is 18.4. The topological polar surface area (TPSA) is 95.9 Å². The fraction of sp³-hybridized carbons (Fsp3) is 0.562. The van der Waals surface area contributed by atoms with Crippen LogP contribution in [0, 0.1) is 5.92 Å². The molecule has 0 saturated carbocycles. The van der Waals surface area contributed by atoms with Crippen LogP contribution in [0.15, 0.2) is 11.4 Å². The highest BCUT2D eigenvalue weighted by Crippen LogP contribution is 2.24. The fourth-order valence-corrected chi connectivity index (χ4v) is 3.53. The number of nitrogens with one attached hydrogen (secondary N) is 1. The number of likely N-dealkylation sites (tertiary alicyclic amines) is 1. The van der Waals surface area contributed by atoms with Crippen LogP contribution in [0.4, 0.5) is 5.69 Å². The molecule has 1 amide bonds. The van der Waals surface area contributed by atoms with Crippen molar-refractivity contribution in [3.63, 3.8) is 0 Å². The third-order valence-electron chi connectivity index (χ3n) is 4.02. The second kappa shape index (κ2) is 8.79. The molecule has 2 heterocycles. The number of carbonyl (C=O) groups is 3. The van der Waals surface area contributed by atoms with Crippen molar-refractivity contribution in [1.29, 1.82) is 0 Å². The van der Waals surface area contributed by atoms with Gasteiger partial charge in [0.25, 0.3) is 0 Å². The van der Waals surface area contributed by atoms with E-state index < -0.39 is 23.8 Å². The SMILES string of the molecule is COC(=O)c1sccc1NC(=O)C[C@H](CN1CCCCC1)C(=O)O. The highest BCUT2D eigenvalue weighted by molar-refractivity contribution is 7.12. The van der Waals surface area contributed by atoms with Crippen molar-refractivity contribution in [2.75, 3.05) is 32.1 Å². The maximum atomic E-state index is 12.2. The predicted molar refractivity (Wildman–Crippen MR) is 90.3 cm³/mol. The number of methoxy groups -OCH3 is 1. The van der Waals surface area contributed by atoms with Gasteiger partial charge in [-0.2, -0.15) is 0 Å². The van der Waals surface area contributed by atoms with E-state index in [0.717, 1.165) is 37.3 Å².